The Morgan fingerprint density at radius 2 is 2.21 bits per heavy atom. The van der Waals surface area contributed by atoms with Crippen LogP contribution in [-0.2, 0) is 9.53 Å². The second kappa shape index (κ2) is 7.59. The van der Waals surface area contributed by atoms with Crippen LogP contribution in [-0.4, -0.2) is 39.1 Å². The Kier molecular flexibility index (Phi) is 5.12. The van der Waals surface area contributed by atoms with Crippen molar-refractivity contribution in [1.29, 1.82) is 0 Å². The topological polar surface area (TPSA) is 92.8 Å². The van der Waals surface area contributed by atoms with Gasteiger partial charge >= 0.3 is 5.97 Å². The molecule has 1 saturated carbocycles. The number of fused-ring (bicyclic) bond motifs is 1. The van der Waals surface area contributed by atoms with Crippen molar-refractivity contribution in [3.8, 4) is 11.3 Å². The minimum atomic E-state index is -0.490. The Bertz CT molecular complexity index is 1070. The van der Waals surface area contributed by atoms with Crippen LogP contribution in [0.4, 0.5) is 10.1 Å². The highest BCUT2D eigenvalue weighted by Crippen LogP contribution is 2.45. The van der Waals surface area contributed by atoms with Crippen LogP contribution in [0.25, 0.3) is 22.4 Å². The number of aromatic amines is 1. The predicted octanol–water partition coefficient (Wildman–Crippen LogP) is 4.35. The van der Waals surface area contributed by atoms with Gasteiger partial charge < -0.3 is 15.0 Å². The number of hydrogen-bond acceptors (Lipinski definition) is 6. The molecule has 29 heavy (non-hydrogen) atoms. The van der Waals surface area contributed by atoms with Crippen molar-refractivity contribution >= 4 is 34.4 Å². The van der Waals surface area contributed by atoms with E-state index < -0.39 is 5.82 Å². The molecule has 0 spiro atoms. The van der Waals surface area contributed by atoms with E-state index in [0.29, 0.717) is 22.4 Å². The average Bonchev–Trinajstić information content (AvgIpc) is 3.10. The molecule has 3 aromatic rings. The van der Waals surface area contributed by atoms with Gasteiger partial charge in [-0.2, -0.15) is 0 Å². The molecule has 0 aliphatic heterocycles. The van der Waals surface area contributed by atoms with Crippen LogP contribution in [0.15, 0.2) is 24.7 Å². The first-order chi connectivity index (χ1) is 13.9. The molecule has 0 radical (unpaired) electrons. The number of pyridine rings is 1. The summed E-state index contributed by atoms with van der Waals surface area (Å²) in [5.41, 5.74) is 2.49. The quantitative estimate of drug-likeness (QED) is 0.579. The second-order valence-corrected chi connectivity index (χ2v) is 8.01. The number of anilines is 1. The first-order valence-electron chi connectivity index (χ1n) is 9.38. The SMILES string of the molecule is COC(=O)CC(Nc1cc(-c2c[nH]c3ncc(Cl)nc23)ncc1F)C1(C)CCC1. The van der Waals surface area contributed by atoms with Gasteiger partial charge in [0.05, 0.1) is 37.3 Å². The number of carbonyl (C=O) groups is 1. The van der Waals surface area contributed by atoms with E-state index in [4.69, 9.17) is 16.3 Å². The van der Waals surface area contributed by atoms with Gasteiger partial charge in [-0.3, -0.25) is 9.78 Å². The number of methoxy groups -OCH3 is 1. The number of halogens is 2. The largest absolute Gasteiger partial charge is 0.469 e. The maximum Gasteiger partial charge on any atom is 0.307 e. The van der Waals surface area contributed by atoms with Gasteiger partial charge in [0.15, 0.2) is 11.5 Å². The van der Waals surface area contributed by atoms with E-state index >= 15 is 0 Å². The minimum Gasteiger partial charge on any atom is -0.469 e. The van der Waals surface area contributed by atoms with Crippen LogP contribution in [0.3, 0.4) is 0 Å². The van der Waals surface area contributed by atoms with Gasteiger partial charge in [-0.05, 0) is 24.3 Å². The third-order valence-electron chi connectivity index (χ3n) is 5.75. The smallest absolute Gasteiger partial charge is 0.307 e. The molecule has 0 saturated heterocycles. The molecule has 0 bridgehead atoms. The number of aromatic nitrogens is 4. The zero-order valence-corrected chi connectivity index (χ0v) is 16.9. The molecular weight excluding hydrogens is 397 g/mol. The Hall–Kier alpha value is -2.74. The van der Waals surface area contributed by atoms with Crippen LogP contribution in [0, 0.1) is 11.2 Å². The summed E-state index contributed by atoms with van der Waals surface area (Å²) in [6.07, 6.45) is 7.52. The highest BCUT2D eigenvalue weighted by molar-refractivity contribution is 6.29. The van der Waals surface area contributed by atoms with Gasteiger partial charge in [0.25, 0.3) is 0 Å². The summed E-state index contributed by atoms with van der Waals surface area (Å²) in [6.45, 7) is 2.11. The van der Waals surface area contributed by atoms with E-state index in [1.165, 1.54) is 13.3 Å². The van der Waals surface area contributed by atoms with Crippen molar-refractivity contribution in [2.24, 2.45) is 5.41 Å². The molecular formula is C20H21ClFN5O2. The van der Waals surface area contributed by atoms with Crippen LogP contribution in [0.1, 0.15) is 32.6 Å². The fourth-order valence-electron chi connectivity index (χ4n) is 3.75. The standard InChI is InChI=1S/C20H21ClFN5O2/c1-20(4-3-5-20)15(7-17(28)29-2)26-14-6-13(23-9-12(14)22)11-8-24-19-18(11)27-16(21)10-25-19/h6,8-10,15H,3-5,7H2,1-2H3,(H,23,26)(H,24,25). The maximum absolute atomic E-state index is 14.6. The summed E-state index contributed by atoms with van der Waals surface area (Å²) in [6, 6.07) is 1.37. The summed E-state index contributed by atoms with van der Waals surface area (Å²) < 4.78 is 19.4. The number of carbonyl (C=O) groups excluding carboxylic acids is 1. The maximum atomic E-state index is 14.6. The van der Waals surface area contributed by atoms with E-state index in [-0.39, 0.29) is 34.7 Å². The molecule has 7 nitrogen and oxygen atoms in total. The van der Waals surface area contributed by atoms with Crippen LogP contribution in [0.5, 0.6) is 0 Å². The molecule has 4 rings (SSSR count). The van der Waals surface area contributed by atoms with Crippen LogP contribution >= 0.6 is 11.6 Å². The van der Waals surface area contributed by atoms with E-state index in [1.54, 1.807) is 12.3 Å². The molecule has 0 amide bonds. The van der Waals surface area contributed by atoms with Gasteiger partial charge in [0.1, 0.15) is 10.7 Å². The molecule has 2 N–H and O–H groups in total. The van der Waals surface area contributed by atoms with Gasteiger partial charge in [-0.25, -0.2) is 14.4 Å². The lowest BCUT2D eigenvalue weighted by Crippen LogP contribution is -2.45. The molecule has 3 heterocycles. The molecule has 1 aliphatic carbocycles. The van der Waals surface area contributed by atoms with E-state index in [0.717, 1.165) is 25.5 Å². The molecule has 152 valence electrons. The Balaban J connectivity index is 1.68. The second-order valence-electron chi connectivity index (χ2n) is 7.63. The molecule has 9 heteroatoms. The van der Waals surface area contributed by atoms with Crippen molar-refractivity contribution in [2.45, 2.75) is 38.6 Å². The predicted molar refractivity (Wildman–Crippen MR) is 108 cm³/mol. The summed E-state index contributed by atoms with van der Waals surface area (Å²) in [5.74, 6) is -0.817. The molecule has 1 unspecified atom stereocenters. The average molecular weight is 418 g/mol. The summed E-state index contributed by atoms with van der Waals surface area (Å²) in [4.78, 5) is 27.6. The Morgan fingerprint density at radius 1 is 1.41 bits per heavy atom. The lowest BCUT2D eigenvalue weighted by atomic mass is 9.64. The normalized spacial score (nSPS) is 16.3. The third-order valence-corrected chi connectivity index (χ3v) is 5.93. The van der Waals surface area contributed by atoms with Crippen molar-refractivity contribution in [3.05, 3.63) is 35.6 Å². The van der Waals surface area contributed by atoms with Gasteiger partial charge in [0, 0.05) is 17.8 Å². The molecule has 1 fully saturated rings. The zero-order chi connectivity index (χ0) is 20.6. The van der Waals surface area contributed by atoms with Crippen molar-refractivity contribution in [2.75, 3.05) is 12.4 Å². The summed E-state index contributed by atoms with van der Waals surface area (Å²) in [5, 5.41) is 3.49. The van der Waals surface area contributed by atoms with Crippen molar-refractivity contribution in [3.63, 3.8) is 0 Å². The highest BCUT2D eigenvalue weighted by atomic mass is 35.5. The number of ether oxygens (including phenoxy) is 1. The van der Waals surface area contributed by atoms with E-state index in [2.05, 4.69) is 32.2 Å². The number of esters is 1. The van der Waals surface area contributed by atoms with E-state index in [1.807, 2.05) is 0 Å². The number of rotatable bonds is 6. The minimum absolute atomic E-state index is 0.0934. The Morgan fingerprint density at radius 3 is 2.90 bits per heavy atom. The number of hydrogen-bond donors (Lipinski definition) is 2. The monoisotopic (exact) mass is 417 g/mol. The summed E-state index contributed by atoms with van der Waals surface area (Å²) >= 11 is 5.97. The highest BCUT2D eigenvalue weighted by Gasteiger charge is 2.41. The van der Waals surface area contributed by atoms with Crippen molar-refractivity contribution in [1.82, 2.24) is 19.9 Å². The molecule has 1 atom stereocenters. The lowest BCUT2D eigenvalue weighted by Gasteiger charge is -2.45. The molecule has 3 aromatic heterocycles. The van der Waals surface area contributed by atoms with E-state index in [9.17, 15) is 9.18 Å². The first-order valence-corrected chi connectivity index (χ1v) is 9.76. The molecule has 0 aromatic carbocycles. The first kappa shape index (κ1) is 19.6. The van der Waals surface area contributed by atoms with Crippen LogP contribution < -0.4 is 5.32 Å². The number of nitrogens with one attached hydrogen (secondary N) is 2. The van der Waals surface area contributed by atoms with Crippen molar-refractivity contribution < 1.29 is 13.9 Å². The number of H-pyrrole nitrogens is 1. The zero-order valence-electron chi connectivity index (χ0n) is 16.1. The summed E-state index contributed by atoms with van der Waals surface area (Å²) in [7, 11) is 1.36. The van der Waals surface area contributed by atoms with Gasteiger partial charge in [0.2, 0.25) is 0 Å². The molecule has 1 aliphatic rings. The fourth-order valence-corrected chi connectivity index (χ4v) is 3.89. The lowest BCUT2D eigenvalue weighted by molar-refractivity contribution is -0.141. The fraction of sp³-hybridized carbons (Fsp3) is 0.400. The van der Waals surface area contributed by atoms with Gasteiger partial charge in [-0.1, -0.05) is 24.9 Å². The Labute approximate surface area is 172 Å². The van der Waals surface area contributed by atoms with Gasteiger partial charge in [-0.15, -0.1) is 0 Å². The number of nitrogens with zero attached hydrogens (tertiary/aromatic N) is 3. The third kappa shape index (κ3) is 3.76. The van der Waals surface area contributed by atoms with Crippen LogP contribution in [0.2, 0.25) is 5.15 Å².